The van der Waals surface area contributed by atoms with Crippen LogP contribution in [0.3, 0.4) is 0 Å². The zero-order chi connectivity index (χ0) is 4.69. The molecule has 2 atom stereocenters. The Morgan fingerprint density at radius 1 is 1.43 bits per heavy atom. The Hall–Kier alpha value is -0.0800. The van der Waals surface area contributed by atoms with E-state index in [9.17, 15) is 0 Å². The molecular weight excluding hydrogens is 90.1 g/mol. The van der Waals surface area contributed by atoms with Crippen molar-refractivity contribution in [1.29, 1.82) is 0 Å². The largest absolute Gasteiger partial charge is 0.298 e. The van der Waals surface area contributed by atoms with E-state index in [4.69, 9.17) is 4.84 Å². The first-order valence-electron chi connectivity index (χ1n) is 2.86. The van der Waals surface area contributed by atoms with Crippen LogP contribution in [0.25, 0.3) is 0 Å². The Morgan fingerprint density at radius 2 is 2.43 bits per heavy atom. The van der Waals surface area contributed by atoms with E-state index in [-0.39, 0.29) is 0 Å². The number of hydroxylamine groups is 1. The third kappa shape index (κ3) is 0.469. The second kappa shape index (κ2) is 1.20. The summed E-state index contributed by atoms with van der Waals surface area (Å²) in [6.07, 6.45) is 4.41. The van der Waals surface area contributed by atoms with Crippen LogP contribution in [0.2, 0.25) is 0 Å². The summed E-state index contributed by atoms with van der Waals surface area (Å²) in [7, 11) is 0. The summed E-state index contributed by atoms with van der Waals surface area (Å²) in [6.45, 7) is 0. The first kappa shape index (κ1) is 3.87. The molecule has 0 aromatic heterocycles. The van der Waals surface area contributed by atoms with Gasteiger partial charge in [-0.25, -0.2) is 0 Å². The quantitative estimate of drug-likeness (QED) is 0.476. The van der Waals surface area contributed by atoms with Gasteiger partial charge >= 0.3 is 0 Å². The molecule has 1 N–H and O–H groups in total. The van der Waals surface area contributed by atoms with Gasteiger partial charge in [0, 0.05) is 6.04 Å². The minimum absolute atomic E-state index is 0.560. The smallest absolute Gasteiger partial charge is 0.0806 e. The van der Waals surface area contributed by atoms with Gasteiger partial charge in [0.15, 0.2) is 0 Å². The van der Waals surface area contributed by atoms with Gasteiger partial charge in [-0.2, -0.15) is 5.48 Å². The van der Waals surface area contributed by atoms with Gasteiger partial charge in [-0.1, -0.05) is 0 Å². The van der Waals surface area contributed by atoms with Crippen LogP contribution in [-0.2, 0) is 4.84 Å². The van der Waals surface area contributed by atoms with Crippen LogP contribution in [0.15, 0.2) is 0 Å². The number of fused-ring (bicyclic) bond motifs is 2. The minimum atomic E-state index is 0.560. The normalized spacial score (nSPS) is 48.0. The zero-order valence-electron chi connectivity index (χ0n) is 4.18. The maximum Gasteiger partial charge on any atom is 0.0806 e. The molecule has 2 fully saturated rings. The van der Waals surface area contributed by atoms with Crippen molar-refractivity contribution >= 4 is 0 Å². The molecule has 0 aromatic rings. The molecule has 0 spiro atoms. The molecule has 1 saturated heterocycles. The predicted molar refractivity (Wildman–Crippen MR) is 25.6 cm³/mol. The van der Waals surface area contributed by atoms with Gasteiger partial charge in [0.2, 0.25) is 0 Å². The maximum absolute atomic E-state index is 5.10. The number of hydrogen-bond acceptors (Lipinski definition) is 2. The van der Waals surface area contributed by atoms with Crippen molar-refractivity contribution in [2.75, 3.05) is 0 Å². The fraction of sp³-hybridized carbons (Fsp3) is 1.00. The van der Waals surface area contributed by atoms with Gasteiger partial charge in [-0.3, -0.25) is 4.84 Å². The van der Waals surface area contributed by atoms with E-state index in [1.807, 2.05) is 0 Å². The predicted octanol–water partition coefficient (Wildman–Crippen LogP) is 0.442. The molecule has 2 aliphatic rings. The molecule has 1 aliphatic heterocycles. The lowest BCUT2D eigenvalue weighted by molar-refractivity contribution is -0.000269. The molecule has 2 heteroatoms. The molecule has 0 aromatic carbocycles. The molecular formula is C5H9NO. The average Bonchev–Trinajstić information content (AvgIpc) is 2.22. The van der Waals surface area contributed by atoms with E-state index in [0.717, 1.165) is 0 Å². The summed E-state index contributed by atoms with van der Waals surface area (Å²) in [4.78, 5) is 5.10. The average molecular weight is 99.1 g/mol. The molecule has 0 radical (unpaired) electrons. The first-order chi connectivity index (χ1) is 3.45. The van der Waals surface area contributed by atoms with Gasteiger partial charge in [-0.15, -0.1) is 0 Å². The first-order valence-corrected chi connectivity index (χ1v) is 2.86. The highest BCUT2D eigenvalue weighted by Gasteiger charge is 2.31. The van der Waals surface area contributed by atoms with Gasteiger partial charge in [0.25, 0.3) is 0 Å². The highest BCUT2D eigenvalue weighted by Crippen LogP contribution is 2.26. The van der Waals surface area contributed by atoms with Gasteiger partial charge < -0.3 is 0 Å². The minimum Gasteiger partial charge on any atom is -0.298 e. The Balaban J connectivity index is 2.12. The Bertz CT molecular complexity index is 66.1. The summed E-state index contributed by atoms with van der Waals surface area (Å²) in [5, 5.41) is 0. The fourth-order valence-corrected chi connectivity index (χ4v) is 1.35. The Labute approximate surface area is 42.8 Å². The van der Waals surface area contributed by atoms with Crippen molar-refractivity contribution in [2.45, 2.75) is 31.4 Å². The lowest BCUT2D eigenvalue weighted by Crippen LogP contribution is -2.22. The van der Waals surface area contributed by atoms with Crippen LogP contribution < -0.4 is 5.48 Å². The second-order valence-electron chi connectivity index (χ2n) is 2.37. The molecule has 7 heavy (non-hydrogen) atoms. The lowest BCUT2D eigenvalue weighted by Gasteiger charge is -2.08. The second-order valence-corrected chi connectivity index (χ2v) is 2.37. The van der Waals surface area contributed by atoms with E-state index in [0.29, 0.717) is 12.1 Å². The molecule has 2 bridgehead atoms. The summed E-state index contributed by atoms with van der Waals surface area (Å²) in [5.41, 5.74) is 2.96. The molecule has 1 saturated carbocycles. The van der Waals surface area contributed by atoms with Crippen LogP contribution in [0.5, 0.6) is 0 Å². The molecule has 2 rings (SSSR count). The summed E-state index contributed by atoms with van der Waals surface area (Å²) >= 11 is 0. The summed E-state index contributed by atoms with van der Waals surface area (Å²) in [5.74, 6) is 0. The fourth-order valence-electron chi connectivity index (χ4n) is 1.35. The molecule has 0 amide bonds. The van der Waals surface area contributed by atoms with E-state index in [1.165, 1.54) is 19.3 Å². The lowest BCUT2D eigenvalue weighted by atomic mass is 10.3. The highest BCUT2D eigenvalue weighted by molar-refractivity contribution is 4.83. The third-order valence-electron chi connectivity index (χ3n) is 1.79. The Morgan fingerprint density at radius 3 is 2.57 bits per heavy atom. The summed E-state index contributed by atoms with van der Waals surface area (Å²) < 4.78 is 0. The van der Waals surface area contributed by atoms with E-state index in [1.54, 1.807) is 0 Å². The topological polar surface area (TPSA) is 21.3 Å². The van der Waals surface area contributed by atoms with Crippen molar-refractivity contribution < 1.29 is 4.84 Å². The molecule has 1 aliphatic carbocycles. The number of hydrogen-bond donors (Lipinski definition) is 1. The van der Waals surface area contributed by atoms with Gasteiger partial charge in [-0.05, 0) is 19.3 Å². The van der Waals surface area contributed by atoms with Crippen LogP contribution in [0.1, 0.15) is 19.3 Å². The van der Waals surface area contributed by atoms with E-state index in [2.05, 4.69) is 5.48 Å². The highest BCUT2D eigenvalue weighted by atomic mass is 16.7. The van der Waals surface area contributed by atoms with E-state index < -0.39 is 0 Å². The van der Waals surface area contributed by atoms with Crippen LogP contribution >= 0.6 is 0 Å². The zero-order valence-corrected chi connectivity index (χ0v) is 4.18. The van der Waals surface area contributed by atoms with Crippen molar-refractivity contribution in [2.24, 2.45) is 0 Å². The standard InChI is InChI=1S/C5H9NO/c1-2-5-3-4(1)6-7-5/h4-6H,1-3H2/t4-,5+/m0/s1. The van der Waals surface area contributed by atoms with Crippen molar-refractivity contribution in [3.8, 4) is 0 Å². The maximum atomic E-state index is 5.10. The van der Waals surface area contributed by atoms with Gasteiger partial charge in [0.1, 0.15) is 0 Å². The van der Waals surface area contributed by atoms with Gasteiger partial charge in [0.05, 0.1) is 6.10 Å². The molecule has 2 nitrogen and oxygen atoms in total. The third-order valence-corrected chi connectivity index (χ3v) is 1.79. The van der Waals surface area contributed by atoms with Crippen molar-refractivity contribution in [3.05, 3.63) is 0 Å². The van der Waals surface area contributed by atoms with Crippen LogP contribution in [-0.4, -0.2) is 12.1 Å². The molecule has 0 unspecified atom stereocenters. The van der Waals surface area contributed by atoms with Crippen LogP contribution in [0, 0.1) is 0 Å². The molecule has 40 valence electrons. The Kier molecular flexibility index (Phi) is 0.664. The summed E-state index contributed by atoms with van der Waals surface area (Å²) in [6, 6.07) is 0.699. The number of nitrogens with one attached hydrogen (secondary N) is 1. The SMILES string of the molecule is C1C[C@@H]2C[C@H]1NO2. The van der Waals surface area contributed by atoms with Crippen LogP contribution in [0.4, 0.5) is 0 Å². The van der Waals surface area contributed by atoms with Crippen molar-refractivity contribution in [3.63, 3.8) is 0 Å². The number of rotatable bonds is 0. The van der Waals surface area contributed by atoms with E-state index >= 15 is 0 Å². The monoisotopic (exact) mass is 99.1 g/mol. The molecule has 1 heterocycles. The van der Waals surface area contributed by atoms with Crippen molar-refractivity contribution in [1.82, 2.24) is 5.48 Å².